The van der Waals surface area contributed by atoms with Gasteiger partial charge in [-0.15, -0.1) is 0 Å². The van der Waals surface area contributed by atoms with E-state index in [2.05, 4.69) is 11.5 Å². The lowest BCUT2D eigenvalue weighted by Crippen LogP contribution is -2.43. The Bertz CT molecular complexity index is 546. The molecule has 5 heteroatoms. The van der Waals surface area contributed by atoms with Gasteiger partial charge in [0.2, 0.25) is 5.91 Å². The molecule has 2 fully saturated rings. The summed E-state index contributed by atoms with van der Waals surface area (Å²) in [7, 11) is 0. The van der Waals surface area contributed by atoms with Crippen molar-refractivity contribution in [3.63, 3.8) is 0 Å². The Morgan fingerprint density at radius 3 is 2.74 bits per heavy atom. The van der Waals surface area contributed by atoms with Crippen molar-refractivity contribution < 1.29 is 9.53 Å². The van der Waals surface area contributed by atoms with Gasteiger partial charge in [-0.2, -0.15) is 0 Å². The maximum absolute atomic E-state index is 12.4. The molecular weight excluding hydrogens is 290 g/mol. The molecule has 2 saturated heterocycles. The molecule has 0 aromatic carbocycles. The lowest BCUT2D eigenvalue weighted by molar-refractivity contribution is -0.136. The first-order chi connectivity index (χ1) is 11.1. The number of rotatable bonds is 3. The first-order valence-electron chi connectivity index (χ1n) is 8.98. The molecule has 1 atom stereocenters. The van der Waals surface area contributed by atoms with Crippen LogP contribution in [-0.2, 0) is 9.53 Å². The fraction of sp³-hybridized carbons (Fsp3) is 0.778. The standard InChI is InChI=1S/C18H29N3O2/c1-13(2)18(22)20-8-4-5-16(12-20)21-14(3)11-19-17(21)15-6-9-23-10-7-15/h11,13,15-16H,4-10,12H2,1-3H3. The molecule has 0 aliphatic carbocycles. The summed E-state index contributed by atoms with van der Waals surface area (Å²) in [6.45, 7) is 9.50. The lowest BCUT2D eigenvalue weighted by Gasteiger charge is -2.36. The average Bonchev–Trinajstić information content (AvgIpc) is 2.96. The molecule has 0 bridgehead atoms. The number of aromatic nitrogens is 2. The van der Waals surface area contributed by atoms with Crippen LogP contribution in [0.15, 0.2) is 6.20 Å². The maximum atomic E-state index is 12.4. The number of piperidine rings is 1. The van der Waals surface area contributed by atoms with E-state index in [1.165, 1.54) is 11.5 Å². The molecule has 1 amide bonds. The molecule has 0 spiro atoms. The highest BCUT2D eigenvalue weighted by atomic mass is 16.5. The Balaban J connectivity index is 1.80. The van der Waals surface area contributed by atoms with Crippen LogP contribution in [0.4, 0.5) is 0 Å². The van der Waals surface area contributed by atoms with E-state index in [0.29, 0.717) is 12.0 Å². The van der Waals surface area contributed by atoms with Gasteiger partial charge in [-0.3, -0.25) is 4.79 Å². The molecule has 1 aromatic rings. The van der Waals surface area contributed by atoms with Crippen molar-refractivity contribution in [1.82, 2.24) is 14.5 Å². The van der Waals surface area contributed by atoms with E-state index >= 15 is 0 Å². The number of aryl methyl sites for hydroxylation is 1. The third-order valence-corrected chi connectivity index (χ3v) is 5.16. The summed E-state index contributed by atoms with van der Waals surface area (Å²) in [5.74, 6) is 2.05. The molecule has 0 saturated carbocycles. The van der Waals surface area contributed by atoms with Gasteiger partial charge in [0.15, 0.2) is 0 Å². The van der Waals surface area contributed by atoms with Crippen LogP contribution in [0.2, 0.25) is 0 Å². The molecule has 23 heavy (non-hydrogen) atoms. The lowest BCUT2D eigenvalue weighted by atomic mass is 9.97. The van der Waals surface area contributed by atoms with Crippen molar-refractivity contribution in [2.24, 2.45) is 5.92 Å². The number of amides is 1. The highest BCUT2D eigenvalue weighted by Gasteiger charge is 2.30. The average molecular weight is 319 g/mol. The Kier molecular flexibility index (Phi) is 5.05. The van der Waals surface area contributed by atoms with E-state index in [9.17, 15) is 4.79 Å². The zero-order valence-corrected chi connectivity index (χ0v) is 14.6. The molecule has 0 N–H and O–H groups in total. The van der Waals surface area contributed by atoms with E-state index in [1.807, 2.05) is 24.9 Å². The van der Waals surface area contributed by atoms with Crippen LogP contribution in [0.5, 0.6) is 0 Å². The molecule has 1 unspecified atom stereocenters. The minimum absolute atomic E-state index is 0.0765. The second-order valence-electron chi connectivity index (χ2n) is 7.25. The Morgan fingerprint density at radius 1 is 1.30 bits per heavy atom. The first-order valence-corrected chi connectivity index (χ1v) is 8.98. The van der Waals surface area contributed by atoms with Gasteiger partial charge in [0.25, 0.3) is 0 Å². The van der Waals surface area contributed by atoms with Gasteiger partial charge in [-0.05, 0) is 32.6 Å². The SMILES string of the molecule is Cc1cnc(C2CCOCC2)n1C1CCCN(C(=O)C(C)C)C1. The van der Waals surface area contributed by atoms with E-state index in [-0.39, 0.29) is 11.8 Å². The number of nitrogens with zero attached hydrogens (tertiary/aromatic N) is 3. The summed E-state index contributed by atoms with van der Waals surface area (Å²) in [6.07, 6.45) is 6.31. The van der Waals surface area contributed by atoms with Crippen LogP contribution in [0, 0.1) is 12.8 Å². The second kappa shape index (κ2) is 7.04. The number of imidazole rings is 1. The van der Waals surface area contributed by atoms with E-state index in [4.69, 9.17) is 9.72 Å². The predicted molar refractivity (Wildman–Crippen MR) is 89.4 cm³/mol. The van der Waals surface area contributed by atoms with E-state index in [0.717, 1.165) is 52.0 Å². The topological polar surface area (TPSA) is 47.4 Å². The van der Waals surface area contributed by atoms with Crippen molar-refractivity contribution in [3.05, 3.63) is 17.7 Å². The van der Waals surface area contributed by atoms with Gasteiger partial charge < -0.3 is 14.2 Å². The zero-order chi connectivity index (χ0) is 16.4. The maximum Gasteiger partial charge on any atom is 0.225 e. The quantitative estimate of drug-likeness (QED) is 0.860. The molecule has 2 aliphatic heterocycles. The summed E-state index contributed by atoms with van der Waals surface area (Å²) in [5.41, 5.74) is 1.22. The van der Waals surface area contributed by atoms with Gasteiger partial charge in [0, 0.05) is 50.0 Å². The van der Waals surface area contributed by atoms with Gasteiger partial charge >= 0.3 is 0 Å². The summed E-state index contributed by atoms with van der Waals surface area (Å²) < 4.78 is 7.91. The summed E-state index contributed by atoms with van der Waals surface area (Å²) in [5, 5.41) is 0. The molecule has 3 heterocycles. The van der Waals surface area contributed by atoms with Crippen LogP contribution < -0.4 is 0 Å². The van der Waals surface area contributed by atoms with Gasteiger partial charge in [0.1, 0.15) is 5.82 Å². The van der Waals surface area contributed by atoms with Crippen molar-refractivity contribution in [2.75, 3.05) is 26.3 Å². The number of hydrogen-bond acceptors (Lipinski definition) is 3. The fourth-order valence-corrected chi connectivity index (χ4v) is 3.93. The van der Waals surface area contributed by atoms with Crippen LogP contribution in [0.1, 0.15) is 63.0 Å². The summed E-state index contributed by atoms with van der Waals surface area (Å²) in [6, 6.07) is 0.367. The number of carbonyl (C=O) groups is 1. The highest BCUT2D eigenvalue weighted by molar-refractivity contribution is 5.78. The second-order valence-corrected chi connectivity index (χ2v) is 7.25. The summed E-state index contributed by atoms with van der Waals surface area (Å²) in [4.78, 5) is 19.1. The minimum atomic E-state index is 0.0765. The van der Waals surface area contributed by atoms with Crippen molar-refractivity contribution >= 4 is 5.91 Å². The van der Waals surface area contributed by atoms with Crippen LogP contribution >= 0.6 is 0 Å². The number of likely N-dealkylation sites (tertiary alicyclic amines) is 1. The van der Waals surface area contributed by atoms with Crippen LogP contribution in [0.25, 0.3) is 0 Å². The van der Waals surface area contributed by atoms with E-state index < -0.39 is 0 Å². The normalized spacial score (nSPS) is 23.5. The van der Waals surface area contributed by atoms with Crippen LogP contribution in [-0.4, -0.2) is 46.7 Å². The predicted octanol–water partition coefficient (Wildman–Crippen LogP) is 2.91. The zero-order valence-electron chi connectivity index (χ0n) is 14.6. The van der Waals surface area contributed by atoms with E-state index in [1.54, 1.807) is 0 Å². The van der Waals surface area contributed by atoms with Gasteiger partial charge in [-0.25, -0.2) is 4.98 Å². The molecule has 2 aliphatic rings. The first kappa shape index (κ1) is 16.5. The molecule has 1 aromatic heterocycles. The molecular formula is C18H29N3O2. The Morgan fingerprint density at radius 2 is 2.04 bits per heavy atom. The van der Waals surface area contributed by atoms with Gasteiger partial charge in [-0.1, -0.05) is 13.8 Å². The minimum Gasteiger partial charge on any atom is -0.381 e. The Hall–Kier alpha value is -1.36. The fourth-order valence-electron chi connectivity index (χ4n) is 3.93. The van der Waals surface area contributed by atoms with Gasteiger partial charge in [0.05, 0.1) is 6.04 Å². The van der Waals surface area contributed by atoms with Crippen molar-refractivity contribution in [2.45, 2.75) is 58.4 Å². The molecule has 128 valence electrons. The number of hydrogen-bond donors (Lipinski definition) is 0. The monoisotopic (exact) mass is 319 g/mol. The summed E-state index contributed by atoms with van der Waals surface area (Å²) >= 11 is 0. The number of ether oxygens (including phenoxy) is 1. The van der Waals surface area contributed by atoms with Crippen LogP contribution in [0.3, 0.4) is 0 Å². The molecule has 3 rings (SSSR count). The highest BCUT2D eigenvalue weighted by Crippen LogP contribution is 2.32. The Labute approximate surface area is 139 Å². The number of carbonyl (C=O) groups excluding carboxylic acids is 1. The third-order valence-electron chi connectivity index (χ3n) is 5.16. The molecule has 0 radical (unpaired) electrons. The van der Waals surface area contributed by atoms with Crippen molar-refractivity contribution in [1.29, 1.82) is 0 Å². The molecule has 5 nitrogen and oxygen atoms in total. The van der Waals surface area contributed by atoms with Crippen molar-refractivity contribution in [3.8, 4) is 0 Å². The third kappa shape index (κ3) is 3.44. The largest absolute Gasteiger partial charge is 0.381 e. The smallest absolute Gasteiger partial charge is 0.225 e.